The summed E-state index contributed by atoms with van der Waals surface area (Å²) in [6.45, 7) is 1.24. The Kier molecular flexibility index (Phi) is 4.65. The van der Waals surface area contributed by atoms with Crippen LogP contribution < -0.4 is 5.32 Å². The summed E-state index contributed by atoms with van der Waals surface area (Å²) in [5, 5.41) is 3.05. The summed E-state index contributed by atoms with van der Waals surface area (Å²) in [6.07, 6.45) is -2.84. The maximum Gasteiger partial charge on any atom is 0.419 e. The third kappa shape index (κ3) is 3.30. The van der Waals surface area contributed by atoms with Crippen LogP contribution in [-0.2, 0) is 10.9 Å². The van der Waals surface area contributed by atoms with Gasteiger partial charge in [0, 0.05) is 18.6 Å². The van der Waals surface area contributed by atoms with Crippen molar-refractivity contribution in [2.24, 2.45) is 5.92 Å². The maximum atomic E-state index is 13.6. The molecule has 0 saturated carbocycles. The molecule has 0 amide bonds. The van der Waals surface area contributed by atoms with Crippen LogP contribution in [0.25, 0.3) is 0 Å². The van der Waals surface area contributed by atoms with E-state index in [1.165, 1.54) is 6.07 Å². The first-order valence-corrected chi connectivity index (χ1v) is 6.55. The van der Waals surface area contributed by atoms with E-state index in [9.17, 15) is 17.6 Å². The molecule has 0 aromatic heterocycles. The van der Waals surface area contributed by atoms with Crippen LogP contribution in [0.2, 0.25) is 0 Å². The van der Waals surface area contributed by atoms with Gasteiger partial charge in [0.2, 0.25) is 0 Å². The van der Waals surface area contributed by atoms with E-state index in [1.54, 1.807) is 7.05 Å². The zero-order valence-electron chi connectivity index (χ0n) is 11.1. The highest BCUT2D eigenvalue weighted by atomic mass is 19.4. The molecule has 1 aromatic carbocycles. The Bertz CT molecular complexity index is 455. The molecule has 112 valence electrons. The minimum atomic E-state index is -4.66. The highest BCUT2D eigenvalue weighted by molar-refractivity contribution is 5.29. The molecule has 1 aromatic rings. The molecule has 1 aliphatic heterocycles. The molecular formula is C14H17F4NO. The zero-order chi connectivity index (χ0) is 14.8. The van der Waals surface area contributed by atoms with E-state index >= 15 is 0 Å². The predicted octanol–water partition coefficient (Wildman–Crippen LogP) is 3.53. The van der Waals surface area contributed by atoms with Crippen molar-refractivity contribution in [1.29, 1.82) is 0 Å². The third-order valence-electron chi connectivity index (χ3n) is 3.64. The molecule has 0 radical (unpaired) electrons. The fourth-order valence-electron chi connectivity index (χ4n) is 2.66. The highest BCUT2D eigenvalue weighted by Gasteiger charge is 2.34. The molecule has 2 rings (SSSR count). The molecule has 2 atom stereocenters. The lowest BCUT2D eigenvalue weighted by Gasteiger charge is -2.30. The first-order valence-electron chi connectivity index (χ1n) is 6.55. The molecular weight excluding hydrogens is 274 g/mol. The lowest BCUT2D eigenvalue weighted by molar-refractivity contribution is -0.140. The molecule has 20 heavy (non-hydrogen) atoms. The second-order valence-corrected chi connectivity index (χ2v) is 4.98. The summed E-state index contributed by atoms with van der Waals surface area (Å²) in [4.78, 5) is 0. The summed E-state index contributed by atoms with van der Waals surface area (Å²) in [7, 11) is 1.72. The number of hydrogen-bond donors (Lipinski definition) is 1. The van der Waals surface area contributed by atoms with Gasteiger partial charge in [-0.3, -0.25) is 0 Å². The van der Waals surface area contributed by atoms with E-state index in [4.69, 9.17) is 4.74 Å². The van der Waals surface area contributed by atoms with Crippen LogP contribution in [0.5, 0.6) is 0 Å². The van der Waals surface area contributed by atoms with Crippen LogP contribution in [0.4, 0.5) is 17.6 Å². The van der Waals surface area contributed by atoms with Crippen LogP contribution in [0.3, 0.4) is 0 Å². The van der Waals surface area contributed by atoms with Crippen molar-refractivity contribution in [3.05, 3.63) is 35.1 Å². The van der Waals surface area contributed by atoms with Gasteiger partial charge in [-0.25, -0.2) is 4.39 Å². The van der Waals surface area contributed by atoms with Gasteiger partial charge in [0.25, 0.3) is 0 Å². The van der Waals surface area contributed by atoms with Gasteiger partial charge in [-0.1, -0.05) is 6.07 Å². The molecule has 1 saturated heterocycles. The number of ether oxygens (including phenoxy) is 1. The molecule has 2 unspecified atom stereocenters. The largest absolute Gasteiger partial charge is 0.419 e. The van der Waals surface area contributed by atoms with Crippen molar-refractivity contribution in [3.8, 4) is 0 Å². The highest BCUT2D eigenvalue weighted by Crippen LogP contribution is 2.34. The maximum absolute atomic E-state index is 13.6. The van der Waals surface area contributed by atoms with Crippen LogP contribution in [0.1, 0.15) is 30.0 Å². The minimum absolute atomic E-state index is 0.143. The van der Waals surface area contributed by atoms with Gasteiger partial charge in [0.1, 0.15) is 5.82 Å². The number of alkyl halides is 3. The SMILES string of the molecule is CNC(c1ccc(C(F)(F)F)c(F)c1)C1CCCOC1. The third-order valence-corrected chi connectivity index (χ3v) is 3.64. The molecule has 6 heteroatoms. The van der Waals surface area contributed by atoms with Crippen molar-refractivity contribution < 1.29 is 22.3 Å². The van der Waals surface area contributed by atoms with Crippen molar-refractivity contribution in [2.45, 2.75) is 25.1 Å². The first kappa shape index (κ1) is 15.3. The lowest BCUT2D eigenvalue weighted by Crippen LogP contribution is -2.31. The molecule has 1 heterocycles. The summed E-state index contributed by atoms with van der Waals surface area (Å²) >= 11 is 0. The standard InChI is InChI=1S/C14H17F4NO/c1-19-13(10-3-2-6-20-8-10)9-4-5-11(12(15)7-9)14(16,17)18/h4-5,7,10,13,19H,2-3,6,8H2,1H3. The van der Waals surface area contributed by atoms with E-state index in [0.717, 1.165) is 25.0 Å². The predicted molar refractivity (Wildman–Crippen MR) is 66.7 cm³/mol. The lowest BCUT2D eigenvalue weighted by atomic mass is 9.88. The Labute approximate surface area is 115 Å². The Morgan fingerprint density at radius 3 is 2.60 bits per heavy atom. The number of nitrogens with one attached hydrogen (secondary N) is 1. The van der Waals surface area contributed by atoms with Gasteiger partial charge in [-0.15, -0.1) is 0 Å². The number of rotatable bonds is 3. The average molecular weight is 291 g/mol. The Morgan fingerprint density at radius 2 is 2.10 bits per heavy atom. The number of hydrogen-bond acceptors (Lipinski definition) is 2. The summed E-state index contributed by atoms with van der Waals surface area (Å²) in [5.41, 5.74) is -0.704. The Morgan fingerprint density at radius 1 is 1.35 bits per heavy atom. The van der Waals surface area contributed by atoms with Crippen molar-refractivity contribution in [2.75, 3.05) is 20.3 Å². The van der Waals surface area contributed by atoms with Gasteiger partial charge >= 0.3 is 6.18 Å². The summed E-state index contributed by atoms with van der Waals surface area (Å²) in [5.74, 6) is -1.09. The molecule has 1 N–H and O–H groups in total. The van der Waals surface area contributed by atoms with Crippen LogP contribution in [-0.4, -0.2) is 20.3 Å². The quantitative estimate of drug-likeness (QED) is 0.860. The van der Waals surface area contributed by atoms with Gasteiger partial charge in [-0.05, 0) is 37.6 Å². The van der Waals surface area contributed by atoms with Crippen molar-refractivity contribution in [3.63, 3.8) is 0 Å². The number of benzene rings is 1. The second kappa shape index (κ2) is 6.10. The fraction of sp³-hybridized carbons (Fsp3) is 0.571. The van der Waals surface area contributed by atoms with E-state index in [1.807, 2.05) is 0 Å². The van der Waals surface area contributed by atoms with Crippen LogP contribution >= 0.6 is 0 Å². The molecule has 1 fully saturated rings. The molecule has 0 aliphatic carbocycles. The van der Waals surface area contributed by atoms with E-state index in [2.05, 4.69) is 5.32 Å². The Balaban J connectivity index is 2.24. The Hall–Kier alpha value is -1.14. The zero-order valence-corrected chi connectivity index (χ0v) is 11.1. The van der Waals surface area contributed by atoms with Gasteiger partial charge in [-0.2, -0.15) is 13.2 Å². The molecule has 2 nitrogen and oxygen atoms in total. The van der Waals surface area contributed by atoms with Gasteiger partial charge < -0.3 is 10.1 Å². The van der Waals surface area contributed by atoms with Crippen molar-refractivity contribution >= 4 is 0 Å². The van der Waals surface area contributed by atoms with E-state index < -0.39 is 17.6 Å². The summed E-state index contributed by atoms with van der Waals surface area (Å²) in [6, 6.07) is 2.91. The van der Waals surface area contributed by atoms with Crippen molar-refractivity contribution in [1.82, 2.24) is 5.32 Å². The molecule has 0 bridgehead atoms. The fourth-order valence-corrected chi connectivity index (χ4v) is 2.66. The average Bonchev–Trinajstić information content (AvgIpc) is 2.39. The van der Waals surface area contributed by atoms with Gasteiger partial charge in [0.15, 0.2) is 0 Å². The second-order valence-electron chi connectivity index (χ2n) is 4.98. The van der Waals surface area contributed by atoms with Gasteiger partial charge in [0.05, 0.1) is 12.2 Å². The van der Waals surface area contributed by atoms with E-state index in [-0.39, 0.29) is 12.0 Å². The monoisotopic (exact) mass is 291 g/mol. The number of halogens is 4. The van der Waals surface area contributed by atoms with Crippen LogP contribution in [0.15, 0.2) is 18.2 Å². The summed E-state index contributed by atoms with van der Waals surface area (Å²) < 4.78 is 56.6. The van der Waals surface area contributed by atoms with E-state index in [0.29, 0.717) is 18.8 Å². The van der Waals surface area contributed by atoms with Crippen LogP contribution in [0, 0.1) is 11.7 Å². The molecule has 0 spiro atoms. The first-order chi connectivity index (χ1) is 9.43. The normalized spacial score (nSPS) is 21.8. The smallest absolute Gasteiger partial charge is 0.381 e. The minimum Gasteiger partial charge on any atom is -0.381 e. The molecule has 1 aliphatic rings. The topological polar surface area (TPSA) is 21.3 Å².